The highest BCUT2D eigenvalue weighted by Gasteiger charge is 2.18. The van der Waals surface area contributed by atoms with Gasteiger partial charge in [-0.3, -0.25) is 0 Å². The van der Waals surface area contributed by atoms with Gasteiger partial charge in [-0.1, -0.05) is 20.3 Å². The maximum atomic E-state index is 3.80. The predicted molar refractivity (Wildman–Crippen MR) is 67.2 cm³/mol. The zero-order valence-corrected chi connectivity index (χ0v) is 10.9. The molecule has 1 fully saturated rings. The molecule has 0 aliphatic carbocycles. The molecule has 0 bridgehead atoms. The number of nitrogens with one attached hydrogen (secondary N) is 1. The number of nitrogens with zero attached hydrogens (tertiary/aromatic N) is 1. The Morgan fingerprint density at radius 3 is 2.67 bits per heavy atom. The van der Waals surface area contributed by atoms with Crippen molar-refractivity contribution in [2.45, 2.75) is 58.5 Å². The van der Waals surface area contributed by atoms with Crippen molar-refractivity contribution in [1.29, 1.82) is 0 Å². The maximum absolute atomic E-state index is 3.80. The third-order valence-electron chi connectivity index (χ3n) is 3.95. The third-order valence-corrected chi connectivity index (χ3v) is 3.95. The Morgan fingerprint density at radius 1 is 1.27 bits per heavy atom. The molecule has 90 valence electrons. The Balaban J connectivity index is 2.30. The van der Waals surface area contributed by atoms with Crippen LogP contribution in [0.5, 0.6) is 0 Å². The minimum atomic E-state index is 0.670. The molecular formula is C13H28N2. The van der Waals surface area contributed by atoms with Gasteiger partial charge in [0.25, 0.3) is 0 Å². The van der Waals surface area contributed by atoms with Crippen molar-refractivity contribution in [2.24, 2.45) is 5.92 Å². The normalized spacial score (nSPS) is 28.4. The first-order valence-electron chi connectivity index (χ1n) is 6.58. The van der Waals surface area contributed by atoms with Gasteiger partial charge in [-0.25, -0.2) is 0 Å². The highest BCUT2D eigenvalue weighted by Crippen LogP contribution is 2.13. The molecule has 1 rings (SSSR count). The lowest BCUT2D eigenvalue weighted by molar-refractivity contribution is 0.317. The van der Waals surface area contributed by atoms with E-state index in [4.69, 9.17) is 0 Å². The lowest BCUT2D eigenvalue weighted by Crippen LogP contribution is -2.40. The summed E-state index contributed by atoms with van der Waals surface area (Å²) in [6.45, 7) is 9.49. The molecule has 2 heteroatoms. The summed E-state index contributed by atoms with van der Waals surface area (Å²) in [4.78, 5) is 2.45. The summed E-state index contributed by atoms with van der Waals surface area (Å²) in [5.41, 5.74) is 0. The van der Waals surface area contributed by atoms with Gasteiger partial charge in [0, 0.05) is 12.1 Å². The van der Waals surface area contributed by atoms with Gasteiger partial charge in [0.2, 0.25) is 0 Å². The van der Waals surface area contributed by atoms with Gasteiger partial charge in [-0.15, -0.1) is 0 Å². The summed E-state index contributed by atoms with van der Waals surface area (Å²) in [5, 5.41) is 3.80. The summed E-state index contributed by atoms with van der Waals surface area (Å²) >= 11 is 0. The topological polar surface area (TPSA) is 15.3 Å². The van der Waals surface area contributed by atoms with Gasteiger partial charge in [0.15, 0.2) is 0 Å². The summed E-state index contributed by atoms with van der Waals surface area (Å²) < 4.78 is 0. The molecule has 1 aliphatic rings. The standard InChI is InChI=1S/C13H28N2/c1-5-11(2)12(3)14-13-7-6-9-15(4)10-8-13/h11-14H,5-10H2,1-4H3. The second-order valence-electron chi connectivity index (χ2n) is 5.27. The monoisotopic (exact) mass is 212 g/mol. The molecule has 2 nitrogen and oxygen atoms in total. The molecule has 3 atom stereocenters. The molecule has 15 heavy (non-hydrogen) atoms. The minimum Gasteiger partial charge on any atom is -0.311 e. The van der Waals surface area contributed by atoms with Crippen LogP contribution in [0.4, 0.5) is 0 Å². The summed E-state index contributed by atoms with van der Waals surface area (Å²) in [6.07, 6.45) is 5.30. The average molecular weight is 212 g/mol. The number of hydrogen-bond donors (Lipinski definition) is 1. The van der Waals surface area contributed by atoms with Crippen LogP contribution in [-0.4, -0.2) is 37.1 Å². The lowest BCUT2D eigenvalue weighted by atomic mass is 9.98. The van der Waals surface area contributed by atoms with Gasteiger partial charge in [0.05, 0.1) is 0 Å². The maximum Gasteiger partial charge on any atom is 0.00822 e. The van der Waals surface area contributed by atoms with Gasteiger partial charge in [-0.05, 0) is 52.2 Å². The molecular weight excluding hydrogens is 184 g/mol. The lowest BCUT2D eigenvalue weighted by Gasteiger charge is -2.26. The van der Waals surface area contributed by atoms with Crippen LogP contribution in [0.1, 0.15) is 46.5 Å². The third kappa shape index (κ3) is 4.52. The number of likely N-dealkylation sites (tertiary alicyclic amines) is 1. The van der Waals surface area contributed by atoms with Crippen LogP contribution in [0.25, 0.3) is 0 Å². The van der Waals surface area contributed by atoms with Crippen LogP contribution < -0.4 is 5.32 Å². The van der Waals surface area contributed by atoms with E-state index in [9.17, 15) is 0 Å². The molecule has 0 amide bonds. The molecule has 0 spiro atoms. The van der Waals surface area contributed by atoms with Crippen LogP contribution in [0.2, 0.25) is 0 Å². The van der Waals surface area contributed by atoms with E-state index in [1.54, 1.807) is 0 Å². The van der Waals surface area contributed by atoms with E-state index < -0.39 is 0 Å². The van der Waals surface area contributed by atoms with E-state index in [1.807, 2.05) is 0 Å². The van der Waals surface area contributed by atoms with E-state index in [1.165, 1.54) is 38.8 Å². The van der Waals surface area contributed by atoms with Crippen molar-refractivity contribution in [1.82, 2.24) is 10.2 Å². The molecule has 0 radical (unpaired) electrons. The first kappa shape index (κ1) is 13.0. The van der Waals surface area contributed by atoms with Crippen molar-refractivity contribution < 1.29 is 0 Å². The SMILES string of the molecule is CCC(C)C(C)NC1CCCN(C)CC1. The van der Waals surface area contributed by atoms with Gasteiger partial charge in [0.1, 0.15) is 0 Å². The highest BCUT2D eigenvalue weighted by atomic mass is 15.1. The Morgan fingerprint density at radius 2 is 2.00 bits per heavy atom. The van der Waals surface area contributed by atoms with Crippen LogP contribution in [-0.2, 0) is 0 Å². The zero-order chi connectivity index (χ0) is 11.3. The van der Waals surface area contributed by atoms with Gasteiger partial charge in [-0.2, -0.15) is 0 Å². The molecule has 1 saturated heterocycles. The Kier molecular flexibility index (Phi) is 5.62. The first-order chi connectivity index (χ1) is 7.13. The Labute approximate surface area is 95.4 Å². The second-order valence-corrected chi connectivity index (χ2v) is 5.27. The number of hydrogen-bond acceptors (Lipinski definition) is 2. The molecule has 0 aromatic rings. The smallest absolute Gasteiger partial charge is 0.00822 e. The summed E-state index contributed by atoms with van der Waals surface area (Å²) in [5.74, 6) is 0.797. The van der Waals surface area contributed by atoms with Crippen molar-refractivity contribution in [3.05, 3.63) is 0 Å². The second kappa shape index (κ2) is 6.49. The largest absolute Gasteiger partial charge is 0.311 e. The van der Waals surface area contributed by atoms with E-state index in [0.717, 1.165) is 12.0 Å². The minimum absolute atomic E-state index is 0.670. The Bertz CT molecular complexity index is 170. The molecule has 1 N–H and O–H groups in total. The fourth-order valence-electron chi connectivity index (χ4n) is 2.30. The first-order valence-corrected chi connectivity index (χ1v) is 6.58. The summed E-state index contributed by atoms with van der Waals surface area (Å²) in [6, 6.07) is 1.42. The summed E-state index contributed by atoms with van der Waals surface area (Å²) in [7, 11) is 2.24. The molecule has 0 saturated carbocycles. The molecule has 0 aromatic heterocycles. The molecule has 1 heterocycles. The van der Waals surface area contributed by atoms with E-state index in [0.29, 0.717) is 6.04 Å². The van der Waals surface area contributed by atoms with Crippen LogP contribution in [0.3, 0.4) is 0 Å². The van der Waals surface area contributed by atoms with Crippen molar-refractivity contribution in [3.8, 4) is 0 Å². The van der Waals surface area contributed by atoms with E-state index in [2.05, 4.69) is 38.0 Å². The fraction of sp³-hybridized carbons (Fsp3) is 1.00. The molecule has 1 aliphatic heterocycles. The highest BCUT2D eigenvalue weighted by molar-refractivity contribution is 4.78. The van der Waals surface area contributed by atoms with Crippen LogP contribution >= 0.6 is 0 Å². The molecule has 0 aromatic carbocycles. The average Bonchev–Trinajstić information content (AvgIpc) is 2.42. The van der Waals surface area contributed by atoms with Crippen LogP contribution in [0.15, 0.2) is 0 Å². The quantitative estimate of drug-likeness (QED) is 0.770. The van der Waals surface area contributed by atoms with Crippen molar-refractivity contribution in [2.75, 3.05) is 20.1 Å². The van der Waals surface area contributed by atoms with Gasteiger partial charge < -0.3 is 10.2 Å². The van der Waals surface area contributed by atoms with Crippen molar-refractivity contribution >= 4 is 0 Å². The van der Waals surface area contributed by atoms with E-state index >= 15 is 0 Å². The fourth-order valence-corrected chi connectivity index (χ4v) is 2.30. The zero-order valence-electron chi connectivity index (χ0n) is 10.9. The van der Waals surface area contributed by atoms with Gasteiger partial charge >= 0.3 is 0 Å². The Hall–Kier alpha value is -0.0800. The predicted octanol–water partition coefficient (Wildman–Crippen LogP) is 2.49. The molecule has 3 unspecified atom stereocenters. The van der Waals surface area contributed by atoms with Crippen LogP contribution in [0, 0.1) is 5.92 Å². The van der Waals surface area contributed by atoms with E-state index in [-0.39, 0.29) is 0 Å². The van der Waals surface area contributed by atoms with Crippen molar-refractivity contribution in [3.63, 3.8) is 0 Å². The number of rotatable bonds is 4.